The van der Waals surface area contributed by atoms with Crippen LogP contribution in [0, 0.1) is 6.92 Å². The summed E-state index contributed by atoms with van der Waals surface area (Å²) < 4.78 is 11.4. The predicted molar refractivity (Wildman–Crippen MR) is 114 cm³/mol. The monoisotopic (exact) mass is 391 g/mol. The van der Waals surface area contributed by atoms with E-state index in [2.05, 4.69) is 29.2 Å². The number of piperazine rings is 1. The Morgan fingerprint density at radius 1 is 1.03 bits per heavy atom. The molecule has 150 valence electrons. The van der Waals surface area contributed by atoms with Crippen LogP contribution in [-0.2, 0) is 13.2 Å². The van der Waals surface area contributed by atoms with E-state index < -0.39 is 0 Å². The Morgan fingerprint density at radius 2 is 1.76 bits per heavy atom. The van der Waals surface area contributed by atoms with Crippen LogP contribution in [0.4, 0.5) is 5.69 Å². The maximum atomic E-state index is 12.4. The van der Waals surface area contributed by atoms with Crippen molar-refractivity contribution in [2.45, 2.75) is 20.1 Å². The molecule has 0 bridgehead atoms. The maximum Gasteiger partial charge on any atom is 0.227 e. The SMILES string of the molecule is Cc1ccc(COc2coc(C[NH+]3CCN(c4ccccc4)CC3)cc2=O)cc1. The average molecular weight is 391 g/mol. The summed E-state index contributed by atoms with van der Waals surface area (Å²) in [6.45, 7) is 7.16. The van der Waals surface area contributed by atoms with Gasteiger partial charge in [-0.3, -0.25) is 4.79 Å². The lowest BCUT2D eigenvalue weighted by Crippen LogP contribution is -3.13. The third kappa shape index (κ3) is 5.06. The number of anilines is 1. The molecule has 0 aliphatic carbocycles. The molecule has 1 saturated heterocycles. The molecule has 5 heteroatoms. The van der Waals surface area contributed by atoms with Crippen molar-refractivity contribution in [1.29, 1.82) is 0 Å². The topological polar surface area (TPSA) is 47.1 Å². The lowest BCUT2D eigenvalue weighted by atomic mass is 10.2. The molecule has 1 aliphatic heterocycles. The Kier molecular flexibility index (Phi) is 5.96. The number of nitrogens with zero attached hydrogens (tertiary/aromatic N) is 1. The Balaban J connectivity index is 1.30. The molecule has 29 heavy (non-hydrogen) atoms. The fourth-order valence-electron chi connectivity index (χ4n) is 3.63. The van der Waals surface area contributed by atoms with E-state index in [1.807, 2.05) is 37.3 Å². The third-order valence-electron chi connectivity index (χ3n) is 5.38. The van der Waals surface area contributed by atoms with Crippen LogP contribution in [-0.4, -0.2) is 26.2 Å². The number of quaternary nitrogens is 1. The van der Waals surface area contributed by atoms with Gasteiger partial charge in [0.25, 0.3) is 0 Å². The number of benzene rings is 2. The van der Waals surface area contributed by atoms with Gasteiger partial charge < -0.3 is 19.0 Å². The minimum absolute atomic E-state index is 0.124. The number of aryl methyl sites for hydroxylation is 1. The van der Waals surface area contributed by atoms with Crippen LogP contribution < -0.4 is 20.0 Å². The second-order valence-corrected chi connectivity index (χ2v) is 7.60. The van der Waals surface area contributed by atoms with Crippen LogP contribution in [0.1, 0.15) is 16.9 Å². The lowest BCUT2D eigenvalue weighted by molar-refractivity contribution is -0.915. The van der Waals surface area contributed by atoms with E-state index in [1.54, 1.807) is 6.07 Å². The molecule has 1 N–H and O–H groups in total. The second-order valence-electron chi connectivity index (χ2n) is 7.60. The van der Waals surface area contributed by atoms with Crippen molar-refractivity contribution in [3.63, 3.8) is 0 Å². The van der Waals surface area contributed by atoms with Gasteiger partial charge in [-0.05, 0) is 24.6 Å². The summed E-state index contributed by atoms with van der Waals surface area (Å²) in [6, 6.07) is 20.1. The summed E-state index contributed by atoms with van der Waals surface area (Å²) in [5.74, 6) is 0.971. The third-order valence-corrected chi connectivity index (χ3v) is 5.38. The quantitative estimate of drug-likeness (QED) is 0.701. The summed E-state index contributed by atoms with van der Waals surface area (Å²) in [7, 11) is 0. The first-order valence-electron chi connectivity index (χ1n) is 10.1. The minimum atomic E-state index is -0.124. The lowest BCUT2D eigenvalue weighted by Gasteiger charge is -2.33. The highest BCUT2D eigenvalue weighted by atomic mass is 16.5. The molecule has 4 rings (SSSR count). The smallest absolute Gasteiger partial charge is 0.227 e. The summed E-state index contributed by atoms with van der Waals surface area (Å²) >= 11 is 0. The van der Waals surface area contributed by atoms with Crippen molar-refractivity contribution in [2.75, 3.05) is 31.1 Å². The van der Waals surface area contributed by atoms with Crippen molar-refractivity contribution in [2.24, 2.45) is 0 Å². The highest BCUT2D eigenvalue weighted by Crippen LogP contribution is 2.13. The molecular weight excluding hydrogens is 364 g/mol. The van der Waals surface area contributed by atoms with E-state index >= 15 is 0 Å². The molecule has 1 aromatic heterocycles. The number of para-hydroxylation sites is 1. The first-order valence-corrected chi connectivity index (χ1v) is 10.1. The van der Waals surface area contributed by atoms with Crippen LogP contribution in [0.15, 0.2) is 76.1 Å². The number of ether oxygens (including phenoxy) is 1. The molecule has 1 fully saturated rings. The van der Waals surface area contributed by atoms with Gasteiger partial charge in [-0.25, -0.2) is 0 Å². The van der Waals surface area contributed by atoms with Gasteiger partial charge in [0.2, 0.25) is 11.2 Å². The summed E-state index contributed by atoms with van der Waals surface area (Å²) in [6.07, 6.45) is 1.45. The van der Waals surface area contributed by atoms with E-state index in [0.29, 0.717) is 12.4 Å². The molecule has 2 aromatic carbocycles. The fraction of sp³-hybridized carbons (Fsp3) is 0.292. The van der Waals surface area contributed by atoms with Crippen molar-refractivity contribution in [1.82, 2.24) is 0 Å². The molecule has 5 nitrogen and oxygen atoms in total. The van der Waals surface area contributed by atoms with Crippen LogP contribution in [0.5, 0.6) is 5.75 Å². The molecule has 0 spiro atoms. The standard InChI is InChI=1S/C24H26N2O3/c1-19-7-9-20(10-8-19)17-29-24-18-28-22(15-23(24)27)16-25-11-13-26(14-12-25)21-5-3-2-4-6-21/h2-10,15,18H,11-14,16-17H2,1H3/p+1. The van der Waals surface area contributed by atoms with Gasteiger partial charge in [-0.2, -0.15) is 0 Å². The Labute approximate surface area is 171 Å². The van der Waals surface area contributed by atoms with E-state index in [9.17, 15) is 4.79 Å². The number of hydrogen-bond donors (Lipinski definition) is 1. The first kappa shape index (κ1) is 19.3. The Hall–Kier alpha value is -3.05. The molecule has 0 radical (unpaired) electrons. The van der Waals surface area contributed by atoms with Gasteiger partial charge >= 0.3 is 0 Å². The van der Waals surface area contributed by atoms with Gasteiger partial charge in [-0.15, -0.1) is 0 Å². The highest BCUT2D eigenvalue weighted by molar-refractivity contribution is 5.46. The normalized spacial score (nSPS) is 14.7. The first-order chi connectivity index (χ1) is 14.2. The number of nitrogens with one attached hydrogen (secondary N) is 1. The van der Waals surface area contributed by atoms with Gasteiger partial charge in [0.1, 0.15) is 19.4 Å². The van der Waals surface area contributed by atoms with Crippen LogP contribution in [0.25, 0.3) is 0 Å². The summed E-state index contributed by atoms with van der Waals surface area (Å²) in [5, 5.41) is 0. The number of rotatable bonds is 6. The molecular formula is C24H27N2O3+. The van der Waals surface area contributed by atoms with Crippen LogP contribution in [0.2, 0.25) is 0 Å². The second kappa shape index (κ2) is 8.97. The van der Waals surface area contributed by atoms with Gasteiger partial charge in [0.15, 0.2) is 5.76 Å². The van der Waals surface area contributed by atoms with Crippen molar-refractivity contribution < 1.29 is 14.1 Å². The molecule has 3 aromatic rings. The average Bonchev–Trinajstić information content (AvgIpc) is 2.75. The van der Waals surface area contributed by atoms with E-state index in [4.69, 9.17) is 9.15 Å². The summed E-state index contributed by atoms with van der Waals surface area (Å²) in [4.78, 5) is 16.2. The number of hydrogen-bond acceptors (Lipinski definition) is 4. The molecule has 0 unspecified atom stereocenters. The van der Waals surface area contributed by atoms with E-state index in [1.165, 1.54) is 22.4 Å². The molecule has 0 amide bonds. The Bertz CT molecular complexity index is 975. The zero-order chi connectivity index (χ0) is 20.1. The zero-order valence-electron chi connectivity index (χ0n) is 16.8. The van der Waals surface area contributed by atoms with E-state index in [-0.39, 0.29) is 11.2 Å². The van der Waals surface area contributed by atoms with Crippen molar-refractivity contribution in [3.8, 4) is 5.75 Å². The van der Waals surface area contributed by atoms with Crippen molar-refractivity contribution in [3.05, 3.63) is 94.0 Å². The maximum absolute atomic E-state index is 12.4. The molecule has 1 aliphatic rings. The highest BCUT2D eigenvalue weighted by Gasteiger charge is 2.21. The zero-order valence-corrected chi connectivity index (χ0v) is 16.8. The van der Waals surface area contributed by atoms with E-state index in [0.717, 1.165) is 38.3 Å². The van der Waals surface area contributed by atoms with Gasteiger partial charge in [-0.1, -0.05) is 48.0 Å². The molecule has 0 saturated carbocycles. The van der Waals surface area contributed by atoms with Crippen LogP contribution >= 0.6 is 0 Å². The Morgan fingerprint density at radius 3 is 2.45 bits per heavy atom. The molecule has 2 heterocycles. The minimum Gasteiger partial charge on any atom is -0.482 e. The van der Waals surface area contributed by atoms with Crippen molar-refractivity contribution >= 4 is 5.69 Å². The largest absolute Gasteiger partial charge is 0.482 e. The summed E-state index contributed by atoms with van der Waals surface area (Å²) in [5.41, 5.74) is 3.37. The van der Waals surface area contributed by atoms with Gasteiger partial charge in [0.05, 0.1) is 26.2 Å². The van der Waals surface area contributed by atoms with Gasteiger partial charge in [0, 0.05) is 11.8 Å². The fourth-order valence-corrected chi connectivity index (χ4v) is 3.63. The van der Waals surface area contributed by atoms with Crippen LogP contribution in [0.3, 0.4) is 0 Å². The molecule has 0 atom stereocenters. The predicted octanol–water partition coefficient (Wildman–Crippen LogP) is 2.43.